The Hall–Kier alpha value is -3.24. The zero-order valence-corrected chi connectivity index (χ0v) is 18.7. The van der Waals surface area contributed by atoms with E-state index in [1.165, 1.54) is 0 Å². The number of carbonyl (C=O) groups is 1. The molecule has 0 aliphatic carbocycles. The van der Waals surface area contributed by atoms with Gasteiger partial charge in [0.25, 0.3) is 5.56 Å². The number of ether oxygens (including phenoxy) is 1. The van der Waals surface area contributed by atoms with Crippen molar-refractivity contribution in [2.75, 3.05) is 31.1 Å². The second kappa shape index (κ2) is 8.86. The monoisotopic (exact) mass is 445 g/mol. The molecule has 1 fully saturated rings. The Morgan fingerprint density at radius 2 is 1.84 bits per heavy atom. The molecular formula is C20H24ClN7O3. The second-order valence-electron chi connectivity index (χ2n) is 7.98. The predicted octanol–water partition coefficient (Wildman–Crippen LogP) is 1.85. The van der Waals surface area contributed by atoms with Gasteiger partial charge in [-0.05, 0) is 39.3 Å². The highest BCUT2D eigenvalue weighted by Crippen LogP contribution is 2.22. The van der Waals surface area contributed by atoms with Crippen LogP contribution in [0.15, 0.2) is 4.79 Å². The number of nitriles is 1. The van der Waals surface area contributed by atoms with E-state index < -0.39 is 11.2 Å². The van der Waals surface area contributed by atoms with Gasteiger partial charge in [0.15, 0.2) is 11.2 Å². The summed E-state index contributed by atoms with van der Waals surface area (Å²) in [6.45, 7) is 9.12. The average molecular weight is 446 g/mol. The van der Waals surface area contributed by atoms with E-state index in [1.807, 2.05) is 31.7 Å². The van der Waals surface area contributed by atoms with E-state index >= 15 is 0 Å². The lowest BCUT2D eigenvalue weighted by atomic mass is 10.2. The number of hydrogen-bond donors (Lipinski definition) is 0. The van der Waals surface area contributed by atoms with Gasteiger partial charge in [-0.1, -0.05) is 5.92 Å². The molecule has 0 spiro atoms. The number of nitrogens with zero attached hydrogens (tertiary/aromatic N) is 7. The fourth-order valence-corrected chi connectivity index (χ4v) is 3.47. The Balaban J connectivity index is 1.94. The molecule has 0 radical (unpaired) electrons. The highest BCUT2D eigenvalue weighted by Gasteiger charge is 2.29. The molecule has 2 aromatic rings. The van der Waals surface area contributed by atoms with Gasteiger partial charge < -0.3 is 14.5 Å². The summed E-state index contributed by atoms with van der Waals surface area (Å²) < 4.78 is 8.23. The van der Waals surface area contributed by atoms with Gasteiger partial charge in [0, 0.05) is 26.2 Å². The maximum Gasteiger partial charge on any atom is 0.410 e. The fraction of sp³-hybridized carbons (Fsp3) is 0.550. The fourth-order valence-electron chi connectivity index (χ4n) is 3.25. The molecule has 0 aromatic carbocycles. The first-order valence-corrected chi connectivity index (χ1v) is 10.2. The predicted molar refractivity (Wildman–Crippen MR) is 116 cm³/mol. The summed E-state index contributed by atoms with van der Waals surface area (Å²) in [5.74, 6) is 6.30. The van der Waals surface area contributed by atoms with Crippen LogP contribution in [0.25, 0.3) is 11.2 Å². The van der Waals surface area contributed by atoms with Crippen LogP contribution in [-0.4, -0.2) is 61.9 Å². The quantitative estimate of drug-likeness (QED) is 0.523. The number of rotatable bonds is 3. The standard InChI is InChI=1S/C20H24ClN7O3/c1-5-6-8-27-14-15(23-17(21)28(9-7-22)16(14)29)24-18(27)25-10-12-26(13-11-25)19(30)31-20(2,3)4/h8-13H2,1-4H3. The summed E-state index contributed by atoms with van der Waals surface area (Å²) in [7, 11) is 0. The number of carbonyl (C=O) groups excluding carboxylic acids is 1. The molecule has 3 rings (SSSR count). The van der Waals surface area contributed by atoms with Gasteiger partial charge in [0.1, 0.15) is 12.1 Å². The van der Waals surface area contributed by atoms with Crippen LogP contribution in [0.5, 0.6) is 0 Å². The van der Waals surface area contributed by atoms with Crippen LogP contribution in [0.4, 0.5) is 10.7 Å². The van der Waals surface area contributed by atoms with Gasteiger partial charge in [-0.25, -0.2) is 4.79 Å². The number of halogens is 1. The van der Waals surface area contributed by atoms with Gasteiger partial charge in [-0.2, -0.15) is 15.2 Å². The van der Waals surface area contributed by atoms with E-state index in [2.05, 4.69) is 21.8 Å². The van der Waals surface area contributed by atoms with E-state index in [9.17, 15) is 9.59 Å². The van der Waals surface area contributed by atoms with Crippen LogP contribution in [0.3, 0.4) is 0 Å². The van der Waals surface area contributed by atoms with E-state index in [4.69, 9.17) is 21.6 Å². The molecule has 1 saturated heterocycles. The first-order valence-electron chi connectivity index (χ1n) is 9.82. The van der Waals surface area contributed by atoms with E-state index in [0.29, 0.717) is 32.1 Å². The van der Waals surface area contributed by atoms with Crippen molar-refractivity contribution in [2.45, 2.75) is 46.4 Å². The Morgan fingerprint density at radius 1 is 1.16 bits per heavy atom. The lowest BCUT2D eigenvalue weighted by molar-refractivity contribution is 0.0240. The van der Waals surface area contributed by atoms with Crippen LogP contribution in [0.1, 0.15) is 27.7 Å². The van der Waals surface area contributed by atoms with Crippen LogP contribution in [0.2, 0.25) is 5.28 Å². The minimum absolute atomic E-state index is 0.0911. The molecule has 1 amide bonds. The summed E-state index contributed by atoms with van der Waals surface area (Å²) in [4.78, 5) is 37.7. The molecule has 164 valence electrons. The van der Waals surface area contributed by atoms with Crippen molar-refractivity contribution >= 4 is 34.8 Å². The third-order valence-corrected chi connectivity index (χ3v) is 4.94. The van der Waals surface area contributed by atoms with Gasteiger partial charge in [0.2, 0.25) is 11.2 Å². The van der Waals surface area contributed by atoms with Crippen molar-refractivity contribution < 1.29 is 9.53 Å². The van der Waals surface area contributed by atoms with Crippen molar-refractivity contribution in [1.29, 1.82) is 5.26 Å². The molecule has 10 nitrogen and oxygen atoms in total. The number of piperazine rings is 1. The molecule has 0 unspecified atom stereocenters. The summed E-state index contributed by atoms with van der Waals surface area (Å²) in [5, 5.41) is 8.92. The van der Waals surface area contributed by atoms with Crippen molar-refractivity contribution in [3.63, 3.8) is 0 Å². The van der Waals surface area contributed by atoms with Crippen LogP contribution >= 0.6 is 11.6 Å². The maximum atomic E-state index is 13.0. The maximum absolute atomic E-state index is 13.0. The number of aromatic nitrogens is 4. The van der Waals surface area contributed by atoms with E-state index in [0.717, 1.165) is 4.57 Å². The zero-order chi connectivity index (χ0) is 22.8. The number of anilines is 1. The summed E-state index contributed by atoms with van der Waals surface area (Å²) in [6, 6.07) is 1.92. The van der Waals surface area contributed by atoms with Gasteiger partial charge >= 0.3 is 6.09 Å². The smallest absolute Gasteiger partial charge is 0.410 e. The Kier molecular flexibility index (Phi) is 6.42. The second-order valence-corrected chi connectivity index (χ2v) is 8.32. The number of hydrogen-bond acceptors (Lipinski definition) is 7. The molecule has 1 aliphatic rings. The molecule has 0 N–H and O–H groups in total. The van der Waals surface area contributed by atoms with Crippen LogP contribution in [-0.2, 0) is 17.8 Å². The minimum Gasteiger partial charge on any atom is -0.444 e. The Labute approximate surface area is 185 Å². The molecule has 2 aromatic heterocycles. The van der Waals surface area contributed by atoms with Gasteiger partial charge in [-0.3, -0.25) is 13.9 Å². The molecule has 1 aliphatic heterocycles. The van der Waals surface area contributed by atoms with Crippen molar-refractivity contribution in [3.8, 4) is 17.9 Å². The zero-order valence-electron chi connectivity index (χ0n) is 18.0. The minimum atomic E-state index is -0.560. The number of imidazole rings is 1. The summed E-state index contributed by atoms with van der Waals surface area (Å²) >= 11 is 6.10. The van der Waals surface area contributed by atoms with Gasteiger partial charge in [0.05, 0.1) is 12.6 Å². The number of amides is 1. The number of fused-ring (bicyclic) bond motifs is 1. The molecule has 3 heterocycles. The first-order chi connectivity index (χ1) is 14.7. The lowest BCUT2D eigenvalue weighted by Crippen LogP contribution is -2.50. The van der Waals surface area contributed by atoms with Gasteiger partial charge in [-0.15, -0.1) is 5.92 Å². The molecule has 31 heavy (non-hydrogen) atoms. The third-order valence-electron chi connectivity index (χ3n) is 4.65. The normalized spacial score (nSPS) is 14.2. The van der Waals surface area contributed by atoms with Crippen molar-refractivity contribution in [3.05, 3.63) is 15.6 Å². The van der Waals surface area contributed by atoms with Crippen molar-refractivity contribution in [1.82, 2.24) is 24.0 Å². The highest BCUT2D eigenvalue weighted by molar-refractivity contribution is 6.28. The molecule has 0 atom stereocenters. The largest absolute Gasteiger partial charge is 0.444 e. The molecule has 0 bridgehead atoms. The Morgan fingerprint density at radius 3 is 2.42 bits per heavy atom. The highest BCUT2D eigenvalue weighted by atomic mass is 35.5. The average Bonchev–Trinajstić information content (AvgIpc) is 3.06. The van der Waals surface area contributed by atoms with E-state index in [1.54, 1.807) is 16.4 Å². The summed E-state index contributed by atoms with van der Waals surface area (Å²) in [5.41, 5.74) is -0.561. The molecular weight excluding hydrogens is 422 g/mol. The van der Waals surface area contributed by atoms with Crippen LogP contribution in [0, 0.1) is 23.2 Å². The van der Waals surface area contributed by atoms with Crippen LogP contribution < -0.4 is 10.5 Å². The third kappa shape index (κ3) is 4.75. The Bertz CT molecular complexity index is 1150. The SMILES string of the molecule is CC#CCn1c(N2CCN(C(=O)OC(C)(C)C)CC2)nc2nc(Cl)n(CC#N)c(=O)c21. The molecule has 11 heteroatoms. The first kappa shape index (κ1) is 22.4. The van der Waals surface area contributed by atoms with Crippen molar-refractivity contribution in [2.24, 2.45) is 0 Å². The molecule has 0 saturated carbocycles. The van der Waals surface area contributed by atoms with E-state index in [-0.39, 0.29) is 35.6 Å². The summed E-state index contributed by atoms with van der Waals surface area (Å²) in [6.07, 6.45) is -0.356. The lowest BCUT2D eigenvalue weighted by Gasteiger charge is -2.36. The topological polar surface area (TPSA) is 109 Å².